The molecule has 11 heavy (non-hydrogen) atoms. The van der Waals surface area contributed by atoms with Crippen LogP contribution in [0.4, 0.5) is 0 Å². The molecular weight excluding hydrogens is 138 g/mol. The van der Waals surface area contributed by atoms with Crippen molar-refractivity contribution < 1.29 is 4.79 Å². The summed E-state index contributed by atoms with van der Waals surface area (Å²) in [6.07, 6.45) is 6.25. The van der Waals surface area contributed by atoms with E-state index >= 15 is 0 Å². The number of fused-ring (bicyclic) bond motifs is 1. The Hall–Kier alpha value is -1.05. The summed E-state index contributed by atoms with van der Waals surface area (Å²) in [4.78, 5) is 13.8. The average molecular weight is 149 g/mol. The largest absolute Gasteiger partial charge is 0.365 e. The van der Waals surface area contributed by atoms with Crippen LogP contribution in [0.2, 0.25) is 0 Å². The van der Waals surface area contributed by atoms with Gasteiger partial charge in [-0.15, -0.1) is 0 Å². The molecule has 0 spiro atoms. The molecule has 1 N–H and O–H groups in total. The van der Waals surface area contributed by atoms with Crippen molar-refractivity contribution in [3.05, 3.63) is 23.5 Å². The fraction of sp³-hybridized carbons (Fsp3) is 0.444. The summed E-state index contributed by atoms with van der Waals surface area (Å²) < 4.78 is 0. The van der Waals surface area contributed by atoms with Crippen molar-refractivity contribution >= 4 is 6.29 Å². The van der Waals surface area contributed by atoms with Crippen LogP contribution in [0, 0.1) is 0 Å². The van der Waals surface area contributed by atoms with E-state index in [1.54, 1.807) is 0 Å². The van der Waals surface area contributed by atoms with Crippen molar-refractivity contribution in [1.29, 1.82) is 0 Å². The van der Waals surface area contributed by atoms with Gasteiger partial charge in [0.25, 0.3) is 0 Å². The standard InChI is InChI=1S/C9H11NO/c11-6-7-2-1-3-9-8(7)4-5-10-9/h4-7,10H,1-3H2. The van der Waals surface area contributed by atoms with E-state index in [2.05, 4.69) is 4.98 Å². The van der Waals surface area contributed by atoms with Crippen molar-refractivity contribution in [3.63, 3.8) is 0 Å². The Morgan fingerprint density at radius 3 is 3.36 bits per heavy atom. The maximum atomic E-state index is 10.6. The monoisotopic (exact) mass is 149 g/mol. The van der Waals surface area contributed by atoms with Gasteiger partial charge in [0.2, 0.25) is 0 Å². The molecular formula is C9H11NO. The van der Waals surface area contributed by atoms with Gasteiger partial charge in [-0.25, -0.2) is 0 Å². The predicted molar refractivity (Wildman–Crippen MR) is 42.5 cm³/mol. The van der Waals surface area contributed by atoms with Crippen LogP contribution in [0.5, 0.6) is 0 Å². The highest BCUT2D eigenvalue weighted by Gasteiger charge is 2.19. The van der Waals surface area contributed by atoms with Crippen molar-refractivity contribution in [2.75, 3.05) is 0 Å². The van der Waals surface area contributed by atoms with Gasteiger partial charge in [0.15, 0.2) is 0 Å². The number of hydrogen-bond acceptors (Lipinski definition) is 1. The van der Waals surface area contributed by atoms with Gasteiger partial charge in [-0.2, -0.15) is 0 Å². The van der Waals surface area contributed by atoms with Crippen molar-refractivity contribution in [1.82, 2.24) is 4.98 Å². The molecule has 0 radical (unpaired) electrons. The molecule has 0 aromatic carbocycles. The second-order valence-corrected chi connectivity index (χ2v) is 3.05. The van der Waals surface area contributed by atoms with Gasteiger partial charge in [-0.1, -0.05) is 0 Å². The van der Waals surface area contributed by atoms with E-state index in [4.69, 9.17) is 0 Å². The van der Waals surface area contributed by atoms with Crippen LogP contribution in [0.1, 0.15) is 30.0 Å². The average Bonchev–Trinajstić information content (AvgIpc) is 2.50. The van der Waals surface area contributed by atoms with Crippen molar-refractivity contribution in [2.45, 2.75) is 25.2 Å². The number of rotatable bonds is 1. The third kappa shape index (κ3) is 0.985. The number of aryl methyl sites for hydroxylation is 1. The second kappa shape index (κ2) is 2.53. The maximum Gasteiger partial charge on any atom is 0.127 e. The van der Waals surface area contributed by atoms with Gasteiger partial charge < -0.3 is 9.78 Å². The quantitative estimate of drug-likeness (QED) is 0.605. The number of hydrogen-bond donors (Lipinski definition) is 1. The molecule has 0 saturated heterocycles. The molecule has 1 atom stereocenters. The molecule has 1 unspecified atom stereocenters. The predicted octanol–water partition coefficient (Wildman–Crippen LogP) is 1.63. The number of aromatic nitrogens is 1. The molecule has 0 aliphatic heterocycles. The van der Waals surface area contributed by atoms with Crippen LogP contribution in [-0.2, 0) is 11.2 Å². The third-order valence-corrected chi connectivity index (χ3v) is 2.37. The number of carbonyl (C=O) groups excluding carboxylic acids is 1. The highest BCUT2D eigenvalue weighted by atomic mass is 16.1. The second-order valence-electron chi connectivity index (χ2n) is 3.05. The third-order valence-electron chi connectivity index (χ3n) is 2.37. The summed E-state index contributed by atoms with van der Waals surface area (Å²) in [5.41, 5.74) is 2.47. The Labute approximate surface area is 65.6 Å². The summed E-state index contributed by atoms with van der Waals surface area (Å²) in [6, 6.07) is 2.02. The Kier molecular flexibility index (Phi) is 1.53. The molecule has 1 heterocycles. The Morgan fingerprint density at radius 2 is 2.55 bits per heavy atom. The Balaban J connectivity index is 2.39. The fourth-order valence-electron chi connectivity index (χ4n) is 1.78. The van der Waals surface area contributed by atoms with E-state index in [-0.39, 0.29) is 5.92 Å². The molecule has 2 rings (SSSR count). The zero-order valence-corrected chi connectivity index (χ0v) is 6.34. The van der Waals surface area contributed by atoms with E-state index in [9.17, 15) is 4.79 Å². The first-order valence-corrected chi connectivity index (χ1v) is 4.03. The van der Waals surface area contributed by atoms with Gasteiger partial charge in [0, 0.05) is 17.8 Å². The van der Waals surface area contributed by atoms with E-state index < -0.39 is 0 Å². The minimum Gasteiger partial charge on any atom is -0.365 e. The van der Waals surface area contributed by atoms with Crippen molar-refractivity contribution in [2.24, 2.45) is 0 Å². The summed E-state index contributed by atoms with van der Waals surface area (Å²) >= 11 is 0. The SMILES string of the molecule is O=CC1CCCc2[nH]ccc21. The van der Waals surface area contributed by atoms with Crippen LogP contribution >= 0.6 is 0 Å². The minimum absolute atomic E-state index is 0.157. The Morgan fingerprint density at radius 1 is 1.64 bits per heavy atom. The maximum absolute atomic E-state index is 10.6. The molecule has 2 nitrogen and oxygen atoms in total. The molecule has 0 fully saturated rings. The topological polar surface area (TPSA) is 32.9 Å². The summed E-state index contributed by atoms with van der Waals surface area (Å²) in [5.74, 6) is 0.157. The first kappa shape index (κ1) is 6.65. The highest BCUT2D eigenvalue weighted by Crippen LogP contribution is 2.28. The lowest BCUT2D eigenvalue weighted by Gasteiger charge is -2.16. The van der Waals surface area contributed by atoms with E-state index in [0.717, 1.165) is 25.5 Å². The molecule has 58 valence electrons. The van der Waals surface area contributed by atoms with E-state index in [1.807, 2.05) is 12.3 Å². The van der Waals surface area contributed by atoms with Crippen LogP contribution in [0.3, 0.4) is 0 Å². The molecule has 0 saturated carbocycles. The zero-order chi connectivity index (χ0) is 7.68. The summed E-state index contributed by atoms with van der Waals surface area (Å²) in [6.45, 7) is 0. The van der Waals surface area contributed by atoms with Crippen LogP contribution in [-0.4, -0.2) is 11.3 Å². The molecule has 1 aromatic rings. The van der Waals surface area contributed by atoms with Gasteiger partial charge in [0.05, 0.1) is 0 Å². The molecule has 1 aromatic heterocycles. The molecule has 0 bridgehead atoms. The zero-order valence-electron chi connectivity index (χ0n) is 6.34. The van der Waals surface area contributed by atoms with E-state index in [0.29, 0.717) is 0 Å². The number of H-pyrrole nitrogens is 1. The molecule has 1 aliphatic rings. The van der Waals surface area contributed by atoms with Gasteiger partial charge in [-0.3, -0.25) is 0 Å². The molecule has 0 amide bonds. The minimum atomic E-state index is 0.157. The number of aromatic amines is 1. The fourth-order valence-corrected chi connectivity index (χ4v) is 1.78. The lowest BCUT2D eigenvalue weighted by molar-refractivity contribution is -0.109. The first-order chi connectivity index (χ1) is 5.42. The van der Waals surface area contributed by atoms with Gasteiger partial charge in [0.1, 0.15) is 6.29 Å². The normalized spacial score (nSPS) is 22.7. The van der Waals surface area contributed by atoms with Gasteiger partial charge in [-0.05, 0) is 30.9 Å². The lowest BCUT2D eigenvalue weighted by Crippen LogP contribution is -2.08. The lowest BCUT2D eigenvalue weighted by atomic mass is 9.88. The number of carbonyl (C=O) groups is 1. The van der Waals surface area contributed by atoms with E-state index in [1.165, 1.54) is 11.3 Å². The summed E-state index contributed by atoms with van der Waals surface area (Å²) in [5, 5.41) is 0. The van der Waals surface area contributed by atoms with Gasteiger partial charge >= 0.3 is 0 Å². The van der Waals surface area contributed by atoms with Crippen molar-refractivity contribution in [3.8, 4) is 0 Å². The van der Waals surface area contributed by atoms with Crippen LogP contribution < -0.4 is 0 Å². The molecule has 1 aliphatic carbocycles. The van der Waals surface area contributed by atoms with Crippen LogP contribution in [0.15, 0.2) is 12.3 Å². The van der Waals surface area contributed by atoms with Crippen LogP contribution in [0.25, 0.3) is 0 Å². The smallest absolute Gasteiger partial charge is 0.127 e. The number of aldehydes is 1. The Bertz CT molecular complexity index is 264. The summed E-state index contributed by atoms with van der Waals surface area (Å²) in [7, 11) is 0. The molecule has 2 heteroatoms. The first-order valence-electron chi connectivity index (χ1n) is 4.03. The highest BCUT2D eigenvalue weighted by molar-refractivity contribution is 5.63. The number of nitrogens with one attached hydrogen (secondary N) is 1.